The third-order valence-corrected chi connectivity index (χ3v) is 10.3. The lowest BCUT2D eigenvalue weighted by Crippen LogP contribution is -2.31. The minimum atomic E-state index is -0.0897. The lowest BCUT2D eigenvalue weighted by Gasteiger charge is -2.27. The van der Waals surface area contributed by atoms with Gasteiger partial charge in [-0.3, -0.25) is 9.59 Å². The number of carbonyl (C=O) groups excluding carboxylic acids is 2. The van der Waals surface area contributed by atoms with E-state index in [0.717, 1.165) is 50.9 Å². The number of rotatable bonds is 36. The number of carbonyl (C=O) groups is 2. The molecular formula is C45H83NO4. The Kier molecular flexibility index (Phi) is 34.3. The van der Waals surface area contributed by atoms with E-state index in [1.165, 1.54) is 116 Å². The molecular weight excluding hydrogens is 618 g/mol. The van der Waals surface area contributed by atoms with Crippen LogP contribution in [0.3, 0.4) is 0 Å². The minimum absolute atomic E-state index is 0.00929. The van der Waals surface area contributed by atoms with E-state index in [-0.39, 0.29) is 17.9 Å². The highest BCUT2D eigenvalue weighted by Gasteiger charge is 2.14. The van der Waals surface area contributed by atoms with Crippen LogP contribution < -0.4 is 0 Å². The molecule has 0 saturated heterocycles. The summed E-state index contributed by atoms with van der Waals surface area (Å²) in [5.41, 5.74) is 5.57. The third kappa shape index (κ3) is 32.1. The van der Waals surface area contributed by atoms with Crippen molar-refractivity contribution in [1.82, 2.24) is 4.90 Å². The molecule has 50 heavy (non-hydrogen) atoms. The van der Waals surface area contributed by atoms with Crippen LogP contribution in [0.15, 0.2) is 24.1 Å². The van der Waals surface area contributed by atoms with Gasteiger partial charge < -0.3 is 14.4 Å². The highest BCUT2D eigenvalue weighted by Crippen LogP contribution is 2.22. The highest BCUT2D eigenvalue weighted by atomic mass is 16.5. The molecule has 0 bridgehead atoms. The first kappa shape index (κ1) is 48.2. The minimum Gasteiger partial charge on any atom is -0.466 e. The molecule has 0 aliphatic heterocycles. The molecule has 0 rings (SSSR count). The number of hydrogen-bond donors (Lipinski definition) is 0. The molecule has 5 nitrogen and oxygen atoms in total. The van der Waals surface area contributed by atoms with Crippen LogP contribution in [0, 0.1) is 17.8 Å². The molecule has 292 valence electrons. The average molecular weight is 702 g/mol. The van der Waals surface area contributed by atoms with Gasteiger partial charge in [0.2, 0.25) is 0 Å². The van der Waals surface area contributed by atoms with Crippen molar-refractivity contribution < 1.29 is 19.1 Å². The molecule has 5 heteroatoms. The molecule has 3 atom stereocenters. The molecule has 0 spiro atoms. The van der Waals surface area contributed by atoms with Crippen LogP contribution in [-0.2, 0) is 19.1 Å². The van der Waals surface area contributed by atoms with Crippen LogP contribution in [0.5, 0.6) is 0 Å². The van der Waals surface area contributed by atoms with Gasteiger partial charge in [0.05, 0.1) is 19.6 Å². The zero-order valence-corrected chi connectivity index (χ0v) is 34.2. The fraction of sp³-hybridized carbons (Fsp3) is 0.867. The first-order valence-electron chi connectivity index (χ1n) is 21.4. The Hall–Kier alpha value is -1.80. The predicted octanol–water partition coefficient (Wildman–Crippen LogP) is 13.0. The fourth-order valence-corrected chi connectivity index (χ4v) is 6.67. The molecule has 0 aliphatic rings. The third-order valence-electron chi connectivity index (χ3n) is 10.3. The van der Waals surface area contributed by atoms with Gasteiger partial charge in [-0.05, 0) is 83.4 Å². The smallest absolute Gasteiger partial charge is 0.306 e. The van der Waals surface area contributed by atoms with Crippen LogP contribution in [0.25, 0.3) is 0 Å². The summed E-state index contributed by atoms with van der Waals surface area (Å²) in [4.78, 5) is 26.7. The largest absolute Gasteiger partial charge is 0.466 e. The predicted molar refractivity (Wildman–Crippen MR) is 214 cm³/mol. The molecule has 0 radical (unpaired) electrons. The van der Waals surface area contributed by atoms with E-state index in [2.05, 4.69) is 64.6 Å². The first-order valence-corrected chi connectivity index (χ1v) is 21.4. The van der Waals surface area contributed by atoms with E-state index in [1.54, 1.807) is 0 Å². The SMILES string of the molecule is C=C=C=CC(CCCC)CC(=O)OCCCCCCCCCCC(CCCCCCCCCCOC(=O)CC(C)CCCC)CN(C)C(C)C. The quantitative estimate of drug-likeness (QED) is 0.0370. The molecule has 3 unspecified atom stereocenters. The van der Waals surface area contributed by atoms with Crippen LogP contribution in [-0.4, -0.2) is 49.7 Å². The summed E-state index contributed by atoms with van der Waals surface area (Å²) in [6.45, 7) is 17.1. The Bertz CT molecular complexity index is 872. The van der Waals surface area contributed by atoms with E-state index in [1.807, 2.05) is 6.08 Å². The van der Waals surface area contributed by atoms with E-state index < -0.39 is 0 Å². The lowest BCUT2D eigenvalue weighted by atomic mass is 9.93. The van der Waals surface area contributed by atoms with Crippen LogP contribution in [0.2, 0.25) is 0 Å². The maximum absolute atomic E-state index is 12.2. The number of hydrogen-bond acceptors (Lipinski definition) is 5. The van der Waals surface area contributed by atoms with Gasteiger partial charge in [0.1, 0.15) is 0 Å². The fourth-order valence-electron chi connectivity index (χ4n) is 6.67. The van der Waals surface area contributed by atoms with Gasteiger partial charge in [0.15, 0.2) is 0 Å². The average Bonchev–Trinajstić information content (AvgIpc) is 3.09. The second kappa shape index (κ2) is 35.6. The van der Waals surface area contributed by atoms with Gasteiger partial charge in [-0.15, -0.1) is 0 Å². The Morgan fingerprint density at radius 1 is 0.620 bits per heavy atom. The summed E-state index contributed by atoms with van der Waals surface area (Å²) >= 11 is 0. The summed E-state index contributed by atoms with van der Waals surface area (Å²) in [5.74, 6) is 1.35. The molecule has 0 aromatic rings. The zero-order valence-electron chi connectivity index (χ0n) is 34.2. The van der Waals surface area contributed by atoms with Crippen molar-refractivity contribution in [3.63, 3.8) is 0 Å². The molecule has 0 saturated carbocycles. The summed E-state index contributed by atoms with van der Waals surface area (Å²) in [6, 6.07) is 0.610. The maximum Gasteiger partial charge on any atom is 0.306 e. The topological polar surface area (TPSA) is 55.8 Å². The molecule has 0 fully saturated rings. The van der Waals surface area contributed by atoms with E-state index in [4.69, 9.17) is 9.47 Å². The van der Waals surface area contributed by atoms with Gasteiger partial charge in [0, 0.05) is 19.0 Å². The van der Waals surface area contributed by atoms with Crippen molar-refractivity contribution in [2.75, 3.05) is 26.8 Å². The van der Waals surface area contributed by atoms with Crippen LogP contribution >= 0.6 is 0 Å². The van der Waals surface area contributed by atoms with Gasteiger partial charge in [-0.1, -0.05) is 154 Å². The normalized spacial score (nSPS) is 13.1. The zero-order chi connectivity index (χ0) is 37.1. The number of nitrogens with zero attached hydrogens (tertiary/aromatic N) is 1. The van der Waals surface area contributed by atoms with Gasteiger partial charge in [-0.25, -0.2) is 0 Å². The molecule has 0 heterocycles. The van der Waals surface area contributed by atoms with Gasteiger partial charge >= 0.3 is 11.9 Å². The number of ether oxygens (including phenoxy) is 2. The highest BCUT2D eigenvalue weighted by molar-refractivity contribution is 5.70. The monoisotopic (exact) mass is 702 g/mol. The van der Waals surface area contributed by atoms with Crippen LogP contribution in [0.1, 0.15) is 202 Å². The lowest BCUT2D eigenvalue weighted by molar-refractivity contribution is -0.145. The van der Waals surface area contributed by atoms with Crippen molar-refractivity contribution >= 4 is 11.9 Å². The van der Waals surface area contributed by atoms with Crippen molar-refractivity contribution in [2.24, 2.45) is 17.8 Å². The second-order valence-corrected chi connectivity index (χ2v) is 15.6. The summed E-state index contributed by atoms with van der Waals surface area (Å²) in [6.07, 6.45) is 32.6. The van der Waals surface area contributed by atoms with Crippen LogP contribution in [0.4, 0.5) is 0 Å². The summed E-state index contributed by atoms with van der Waals surface area (Å²) in [5, 5.41) is 0. The van der Waals surface area contributed by atoms with Crippen molar-refractivity contribution in [2.45, 2.75) is 208 Å². The first-order chi connectivity index (χ1) is 24.2. The van der Waals surface area contributed by atoms with E-state index in [0.29, 0.717) is 38.0 Å². The molecule has 0 N–H and O–H groups in total. The maximum atomic E-state index is 12.2. The second-order valence-electron chi connectivity index (χ2n) is 15.6. The number of esters is 2. The van der Waals surface area contributed by atoms with Gasteiger partial charge in [-0.2, -0.15) is 0 Å². The molecule has 0 aromatic heterocycles. The van der Waals surface area contributed by atoms with Crippen molar-refractivity contribution in [3.8, 4) is 0 Å². The molecule has 0 aromatic carbocycles. The number of unbranched alkanes of at least 4 members (excludes halogenated alkanes) is 16. The standard InChI is InChI=1S/C45H83NO4/c1-8-11-30-41(6)37-44(47)49-35-28-24-20-16-14-18-22-26-33-43(39-46(7)40(4)5)34-27-23-19-15-17-21-25-29-36-50-45(48)38-42(31-12-9-2)32-13-10-3/h31,40-43H,2,8,10-11,13-30,32-39H2,1,3-7H3. The molecule has 0 amide bonds. The van der Waals surface area contributed by atoms with E-state index in [9.17, 15) is 9.59 Å². The number of allylic oxidation sites excluding steroid dienone is 1. The van der Waals surface area contributed by atoms with Crippen molar-refractivity contribution in [1.29, 1.82) is 0 Å². The molecule has 0 aliphatic carbocycles. The summed E-state index contributed by atoms with van der Waals surface area (Å²) in [7, 11) is 2.29. The Morgan fingerprint density at radius 3 is 1.52 bits per heavy atom. The summed E-state index contributed by atoms with van der Waals surface area (Å²) < 4.78 is 11.0. The Morgan fingerprint density at radius 2 is 1.06 bits per heavy atom. The van der Waals surface area contributed by atoms with Gasteiger partial charge in [0.25, 0.3) is 0 Å². The van der Waals surface area contributed by atoms with Crippen molar-refractivity contribution in [3.05, 3.63) is 24.1 Å². The Balaban J connectivity index is 3.92. The Labute approximate surface area is 311 Å². The van der Waals surface area contributed by atoms with E-state index >= 15 is 0 Å².